The molecule has 14 heteroatoms. The Hall–Kier alpha value is -3.62. The summed E-state index contributed by atoms with van der Waals surface area (Å²) in [4.78, 5) is 8.98. The highest BCUT2D eigenvalue weighted by atomic mass is 32.2. The number of rotatable bonds is 8. The molecule has 2 aromatic carbocycles. The number of pyridine rings is 1. The van der Waals surface area contributed by atoms with Gasteiger partial charge >= 0.3 is 0 Å². The second kappa shape index (κ2) is 11.0. The highest BCUT2D eigenvalue weighted by molar-refractivity contribution is 7.89. The molecule has 0 spiro atoms. The van der Waals surface area contributed by atoms with E-state index in [9.17, 15) is 30.4 Å². The minimum absolute atomic E-state index is 0.0652. The molecule has 200 valence electrons. The molecule has 4 aromatic rings. The Morgan fingerprint density at radius 1 is 0.974 bits per heavy atom. The summed E-state index contributed by atoms with van der Waals surface area (Å²) in [5.74, 6) is -9.68. The number of hydrogen-bond donors (Lipinski definition) is 1. The molecule has 0 aliphatic heterocycles. The van der Waals surface area contributed by atoms with Gasteiger partial charge in [-0.1, -0.05) is 12.1 Å². The lowest BCUT2D eigenvalue weighted by atomic mass is 10.1. The number of nitrogens with zero attached hydrogens (tertiary/aromatic N) is 3. The first-order valence-corrected chi connectivity index (χ1v) is 13.2. The lowest BCUT2D eigenvalue weighted by Crippen LogP contribution is -2.19. The van der Waals surface area contributed by atoms with Gasteiger partial charge in [0.2, 0.25) is 21.7 Å². The maximum atomic E-state index is 14.3. The standard InChI is InChI=1S/C24H19F5N4O3S2/c1-36-18-7-4-14(11-31-18)17-12-37-24(32-10-13-2-5-15(6-3-13)38(30,34)35)33(17)9-8-16-19(25)21(27)23(29)22(28)20(16)26/h2-7,11-12H,8-10H2,1H3,(H2,30,34,35). The minimum atomic E-state index is -3.86. The Kier molecular flexibility index (Phi) is 7.94. The molecule has 2 heterocycles. The zero-order valence-electron chi connectivity index (χ0n) is 19.6. The van der Waals surface area contributed by atoms with Crippen molar-refractivity contribution in [2.75, 3.05) is 7.11 Å². The highest BCUT2D eigenvalue weighted by Crippen LogP contribution is 2.26. The Morgan fingerprint density at radius 3 is 2.16 bits per heavy atom. The van der Waals surface area contributed by atoms with Crippen molar-refractivity contribution in [3.05, 3.63) is 93.0 Å². The Morgan fingerprint density at radius 2 is 1.61 bits per heavy atom. The van der Waals surface area contributed by atoms with Crippen LogP contribution in [0.3, 0.4) is 0 Å². The fourth-order valence-electron chi connectivity index (χ4n) is 3.59. The van der Waals surface area contributed by atoms with Crippen molar-refractivity contribution in [1.29, 1.82) is 0 Å². The van der Waals surface area contributed by atoms with Gasteiger partial charge < -0.3 is 9.30 Å². The van der Waals surface area contributed by atoms with Crippen LogP contribution in [-0.2, 0) is 29.5 Å². The molecule has 0 aliphatic rings. The van der Waals surface area contributed by atoms with Crippen LogP contribution in [0.25, 0.3) is 11.3 Å². The molecule has 4 rings (SSSR count). The first kappa shape index (κ1) is 27.4. The maximum absolute atomic E-state index is 14.3. The monoisotopic (exact) mass is 570 g/mol. The maximum Gasteiger partial charge on any atom is 0.238 e. The zero-order valence-corrected chi connectivity index (χ0v) is 21.2. The molecule has 0 atom stereocenters. The second-order valence-corrected chi connectivity index (χ2v) is 10.3. The Bertz CT molecular complexity index is 1620. The van der Waals surface area contributed by atoms with Crippen LogP contribution >= 0.6 is 11.3 Å². The fourth-order valence-corrected chi connectivity index (χ4v) is 5.04. The third-order valence-corrected chi connectivity index (χ3v) is 7.40. The molecule has 0 radical (unpaired) electrons. The lowest BCUT2D eigenvalue weighted by molar-refractivity contribution is 0.368. The summed E-state index contributed by atoms with van der Waals surface area (Å²) in [5.41, 5.74) is 0.837. The quantitative estimate of drug-likeness (QED) is 0.194. The number of halogens is 5. The number of thiazole rings is 1. The van der Waals surface area contributed by atoms with Gasteiger partial charge in [-0.05, 0) is 30.2 Å². The molecule has 2 aromatic heterocycles. The third-order valence-electron chi connectivity index (χ3n) is 5.57. The van der Waals surface area contributed by atoms with Gasteiger partial charge in [0.05, 0.1) is 24.2 Å². The predicted molar refractivity (Wildman–Crippen MR) is 129 cm³/mol. The van der Waals surface area contributed by atoms with Crippen LogP contribution in [0.5, 0.6) is 5.88 Å². The molecule has 0 fully saturated rings. The molecular weight excluding hydrogens is 551 g/mol. The van der Waals surface area contributed by atoms with Gasteiger partial charge in [-0.25, -0.2) is 40.5 Å². The smallest absolute Gasteiger partial charge is 0.238 e. The van der Waals surface area contributed by atoms with Crippen molar-refractivity contribution in [3.63, 3.8) is 0 Å². The summed E-state index contributed by atoms with van der Waals surface area (Å²) in [6.45, 7) is -0.0688. The number of sulfonamides is 1. The number of benzene rings is 2. The van der Waals surface area contributed by atoms with E-state index in [0.29, 0.717) is 27.5 Å². The molecule has 0 aliphatic carbocycles. The minimum Gasteiger partial charge on any atom is -0.481 e. The van der Waals surface area contributed by atoms with E-state index < -0.39 is 51.1 Å². The van der Waals surface area contributed by atoms with Crippen molar-refractivity contribution in [2.24, 2.45) is 10.1 Å². The fraction of sp³-hybridized carbons (Fsp3) is 0.167. The van der Waals surface area contributed by atoms with E-state index in [2.05, 4.69) is 9.98 Å². The van der Waals surface area contributed by atoms with E-state index >= 15 is 0 Å². The topological polar surface area (TPSA) is 99.6 Å². The van der Waals surface area contributed by atoms with E-state index in [-0.39, 0.29) is 18.0 Å². The average molecular weight is 571 g/mol. The first-order valence-electron chi connectivity index (χ1n) is 10.8. The second-order valence-electron chi connectivity index (χ2n) is 7.95. The molecule has 38 heavy (non-hydrogen) atoms. The molecule has 0 amide bonds. The van der Waals surface area contributed by atoms with Crippen LogP contribution in [0.4, 0.5) is 22.0 Å². The number of methoxy groups -OCH3 is 1. The van der Waals surface area contributed by atoms with Gasteiger partial charge in [-0.2, -0.15) is 0 Å². The molecular formula is C24H19F5N4O3S2. The third kappa shape index (κ3) is 5.61. The Labute approximate surface area is 217 Å². The first-order chi connectivity index (χ1) is 18.0. The van der Waals surface area contributed by atoms with Crippen molar-refractivity contribution in [1.82, 2.24) is 9.55 Å². The van der Waals surface area contributed by atoms with Gasteiger partial charge in [0.1, 0.15) is 0 Å². The number of ether oxygens (including phenoxy) is 1. The van der Waals surface area contributed by atoms with Crippen molar-refractivity contribution >= 4 is 21.4 Å². The molecule has 0 bridgehead atoms. The van der Waals surface area contributed by atoms with Crippen LogP contribution < -0.4 is 14.7 Å². The largest absolute Gasteiger partial charge is 0.481 e. The summed E-state index contributed by atoms with van der Waals surface area (Å²) in [6, 6.07) is 9.03. The average Bonchev–Trinajstić information content (AvgIpc) is 3.32. The number of aromatic nitrogens is 2. The van der Waals surface area contributed by atoms with Gasteiger partial charge in [0.25, 0.3) is 0 Å². The van der Waals surface area contributed by atoms with Crippen molar-refractivity contribution < 1.29 is 35.1 Å². The van der Waals surface area contributed by atoms with Crippen LogP contribution in [0.2, 0.25) is 0 Å². The molecule has 7 nitrogen and oxygen atoms in total. The van der Waals surface area contributed by atoms with E-state index in [0.717, 1.165) is 0 Å². The lowest BCUT2D eigenvalue weighted by Gasteiger charge is -2.12. The molecule has 0 saturated heterocycles. The summed E-state index contributed by atoms with van der Waals surface area (Å²) < 4.78 is 99.1. The van der Waals surface area contributed by atoms with Crippen molar-refractivity contribution in [3.8, 4) is 17.1 Å². The van der Waals surface area contributed by atoms with Gasteiger partial charge in [-0.15, -0.1) is 11.3 Å². The Balaban J connectivity index is 1.72. The summed E-state index contributed by atoms with van der Waals surface area (Å²) in [7, 11) is -2.41. The molecule has 2 N–H and O–H groups in total. The number of primary sulfonamides is 1. The van der Waals surface area contributed by atoms with Crippen molar-refractivity contribution in [2.45, 2.75) is 24.4 Å². The van der Waals surface area contributed by atoms with E-state index in [1.165, 1.54) is 48.9 Å². The van der Waals surface area contributed by atoms with Gasteiger partial charge in [0.15, 0.2) is 28.1 Å². The number of hydrogen-bond acceptors (Lipinski definition) is 6. The van der Waals surface area contributed by atoms with Crippen LogP contribution in [0, 0.1) is 29.1 Å². The van der Waals surface area contributed by atoms with Gasteiger partial charge in [-0.3, -0.25) is 4.99 Å². The zero-order chi connectivity index (χ0) is 27.6. The highest BCUT2D eigenvalue weighted by Gasteiger charge is 2.25. The van der Waals surface area contributed by atoms with Crippen LogP contribution in [-0.4, -0.2) is 25.1 Å². The number of nitrogens with two attached hydrogens (primary N) is 1. The predicted octanol–water partition coefficient (Wildman–Crippen LogP) is 4.31. The SMILES string of the molecule is COc1ccc(-c2csc(=NCc3ccc(S(N)(=O)=O)cc3)n2CCc2c(F)c(F)c(F)c(F)c2F)cn1. The van der Waals surface area contributed by atoms with Crippen LogP contribution in [0.15, 0.2) is 57.9 Å². The van der Waals surface area contributed by atoms with E-state index in [4.69, 9.17) is 9.88 Å². The molecule has 0 unspecified atom stereocenters. The normalized spacial score (nSPS) is 12.2. The van der Waals surface area contributed by atoms with Gasteiger partial charge in [0, 0.05) is 35.3 Å². The summed E-state index contributed by atoms with van der Waals surface area (Å²) >= 11 is 1.19. The summed E-state index contributed by atoms with van der Waals surface area (Å²) in [6.07, 6.45) is 0.987. The van der Waals surface area contributed by atoms with Crippen LogP contribution in [0.1, 0.15) is 11.1 Å². The van der Waals surface area contributed by atoms with E-state index in [1.807, 2.05) is 0 Å². The summed E-state index contributed by atoms with van der Waals surface area (Å²) in [5, 5.41) is 6.82. The molecule has 0 saturated carbocycles. The van der Waals surface area contributed by atoms with E-state index in [1.54, 1.807) is 22.1 Å².